The Labute approximate surface area is 130 Å². The van der Waals surface area contributed by atoms with Gasteiger partial charge < -0.3 is 4.98 Å². The average molecular weight is 324 g/mol. The Bertz CT molecular complexity index is 832. The molecule has 1 aromatic carbocycles. The molecule has 0 aliphatic rings. The van der Waals surface area contributed by atoms with Gasteiger partial charge in [0, 0.05) is 22.0 Å². The molecule has 2 aromatic heterocycles. The Kier molecular flexibility index (Phi) is 3.36. The predicted molar refractivity (Wildman–Crippen MR) is 86.5 cm³/mol. The second kappa shape index (κ2) is 4.92. The molecule has 20 heavy (non-hydrogen) atoms. The highest BCUT2D eigenvalue weighted by Crippen LogP contribution is 2.41. The van der Waals surface area contributed by atoms with Gasteiger partial charge >= 0.3 is 0 Å². The maximum absolute atomic E-state index is 11.5. The normalized spacial score (nSPS) is 11.2. The zero-order valence-corrected chi connectivity index (χ0v) is 13.2. The molecule has 3 rings (SSSR count). The number of carbonyl (C=O) groups excluding carboxylic acids is 1. The van der Waals surface area contributed by atoms with Crippen LogP contribution in [-0.4, -0.2) is 11.3 Å². The highest BCUT2D eigenvalue weighted by atomic mass is 35.5. The molecule has 0 bridgehead atoms. The van der Waals surface area contributed by atoms with Crippen LogP contribution in [0.2, 0.25) is 8.67 Å². The second-order valence-corrected chi connectivity index (χ2v) is 7.06. The maximum atomic E-state index is 11.5. The lowest BCUT2D eigenvalue weighted by molar-refractivity contribution is 0.112. The number of thiophene rings is 1. The van der Waals surface area contributed by atoms with E-state index in [1.54, 1.807) is 6.07 Å². The first-order valence-corrected chi connectivity index (χ1v) is 7.62. The molecule has 102 valence electrons. The zero-order chi connectivity index (χ0) is 14.4. The van der Waals surface area contributed by atoms with Crippen LogP contribution in [-0.2, 0) is 0 Å². The third-order valence-corrected chi connectivity index (χ3v) is 4.81. The van der Waals surface area contributed by atoms with Gasteiger partial charge in [0.05, 0.1) is 10.0 Å². The first-order chi connectivity index (χ1) is 9.51. The third kappa shape index (κ3) is 2.06. The van der Waals surface area contributed by atoms with Gasteiger partial charge in [0.2, 0.25) is 0 Å². The van der Waals surface area contributed by atoms with E-state index in [4.69, 9.17) is 23.2 Å². The number of hydrogen-bond donors (Lipinski definition) is 1. The smallest absolute Gasteiger partial charge is 0.152 e. The number of fused-ring (bicyclic) bond motifs is 1. The van der Waals surface area contributed by atoms with E-state index in [-0.39, 0.29) is 0 Å². The molecule has 0 aliphatic carbocycles. The monoisotopic (exact) mass is 323 g/mol. The number of benzene rings is 1. The number of aromatic amines is 1. The van der Waals surface area contributed by atoms with Crippen LogP contribution in [0, 0.1) is 13.8 Å². The molecule has 2 nitrogen and oxygen atoms in total. The SMILES string of the molecule is Cc1cc(C)c2c(C=O)c(-c3cc(Cl)sc3Cl)[nH]c2c1. The van der Waals surface area contributed by atoms with Crippen molar-refractivity contribution < 1.29 is 4.79 Å². The summed E-state index contributed by atoms with van der Waals surface area (Å²) in [7, 11) is 0. The Morgan fingerprint density at radius 1 is 1.20 bits per heavy atom. The lowest BCUT2D eigenvalue weighted by atomic mass is 10.0. The van der Waals surface area contributed by atoms with Crippen molar-refractivity contribution in [2.45, 2.75) is 13.8 Å². The van der Waals surface area contributed by atoms with E-state index in [9.17, 15) is 4.79 Å². The number of carbonyl (C=O) groups is 1. The molecule has 0 saturated carbocycles. The fourth-order valence-electron chi connectivity index (χ4n) is 2.59. The van der Waals surface area contributed by atoms with Crippen LogP contribution in [0.1, 0.15) is 21.5 Å². The standard InChI is InChI=1S/C15H11Cl2NOS/c1-7-3-8(2)13-10(6-19)14(18-11(13)4-7)9-5-12(16)20-15(9)17/h3-6,18H,1-2H3. The van der Waals surface area contributed by atoms with Crippen LogP contribution in [0.5, 0.6) is 0 Å². The Hall–Kier alpha value is -1.29. The lowest BCUT2D eigenvalue weighted by Gasteiger charge is -2.00. The Balaban J connectivity index is 2.39. The zero-order valence-electron chi connectivity index (χ0n) is 10.9. The van der Waals surface area contributed by atoms with Crippen molar-refractivity contribution in [1.29, 1.82) is 0 Å². The molecular weight excluding hydrogens is 313 g/mol. The molecule has 2 heterocycles. The number of aryl methyl sites for hydroxylation is 2. The fraction of sp³-hybridized carbons (Fsp3) is 0.133. The number of nitrogens with one attached hydrogen (secondary N) is 1. The summed E-state index contributed by atoms with van der Waals surface area (Å²) in [6.07, 6.45) is 0.873. The van der Waals surface area contributed by atoms with Gasteiger partial charge in [-0.25, -0.2) is 0 Å². The summed E-state index contributed by atoms with van der Waals surface area (Å²) >= 11 is 13.5. The van der Waals surface area contributed by atoms with E-state index in [0.29, 0.717) is 14.2 Å². The Morgan fingerprint density at radius 2 is 1.95 bits per heavy atom. The van der Waals surface area contributed by atoms with E-state index in [1.165, 1.54) is 11.3 Å². The molecule has 3 aromatic rings. The largest absolute Gasteiger partial charge is 0.354 e. The molecule has 0 spiro atoms. The van der Waals surface area contributed by atoms with Gasteiger partial charge in [0.15, 0.2) is 6.29 Å². The van der Waals surface area contributed by atoms with E-state index in [1.807, 2.05) is 19.9 Å². The van der Waals surface area contributed by atoms with Crippen LogP contribution in [0.25, 0.3) is 22.2 Å². The molecule has 0 atom stereocenters. The molecule has 0 fully saturated rings. The minimum atomic E-state index is 0.582. The second-order valence-electron chi connectivity index (χ2n) is 4.77. The summed E-state index contributed by atoms with van der Waals surface area (Å²) in [5, 5.41) is 0.944. The molecule has 0 radical (unpaired) electrons. The maximum Gasteiger partial charge on any atom is 0.152 e. The van der Waals surface area contributed by atoms with Crippen molar-refractivity contribution in [3.63, 3.8) is 0 Å². The van der Waals surface area contributed by atoms with Gasteiger partial charge in [0.1, 0.15) is 4.34 Å². The average Bonchev–Trinajstić information content (AvgIpc) is 2.88. The van der Waals surface area contributed by atoms with E-state index in [0.717, 1.165) is 39.6 Å². The van der Waals surface area contributed by atoms with Crippen molar-refractivity contribution in [3.05, 3.63) is 43.6 Å². The number of halogens is 2. The summed E-state index contributed by atoms with van der Waals surface area (Å²) in [6, 6.07) is 5.88. The molecule has 0 aliphatic heterocycles. The number of H-pyrrole nitrogens is 1. The summed E-state index contributed by atoms with van der Waals surface area (Å²) in [5.41, 5.74) is 5.30. The van der Waals surface area contributed by atoms with Crippen molar-refractivity contribution in [3.8, 4) is 11.3 Å². The van der Waals surface area contributed by atoms with Crippen molar-refractivity contribution in [2.24, 2.45) is 0 Å². The summed E-state index contributed by atoms with van der Waals surface area (Å²) in [6.45, 7) is 4.03. The fourth-order valence-corrected chi connectivity index (χ4v) is 4.07. The molecular formula is C15H11Cl2NOS. The predicted octanol–water partition coefficient (Wildman–Crippen LogP) is 5.63. The van der Waals surface area contributed by atoms with Crippen molar-refractivity contribution in [2.75, 3.05) is 0 Å². The molecule has 5 heteroatoms. The molecule has 0 saturated heterocycles. The summed E-state index contributed by atoms with van der Waals surface area (Å²) in [5.74, 6) is 0. The molecule has 0 amide bonds. The first-order valence-electron chi connectivity index (χ1n) is 6.04. The van der Waals surface area contributed by atoms with Gasteiger partial charge in [0.25, 0.3) is 0 Å². The van der Waals surface area contributed by atoms with E-state index in [2.05, 4.69) is 11.1 Å². The quantitative estimate of drug-likeness (QED) is 0.609. The van der Waals surface area contributed by atoms with E-state index < -0.39 is 0 Å². The van der Waals surface area contributed by atoms with Crippen LogP contribution in [0.15, 0.2) is 18.2 Å². The van der Waals surface area contributed by atoms with Crippen molar-refractivity contribution in [1.82, 2.24) is 4.98 Å². The Morgan fingerprint density at radius 3 is 2.55 bits per heavy atom. The number of aromatic nitrogens is 1. The number of hydrogen-bond acceptors (Lipinski definition) is 2. The minimum absolute atomic E-state index is 0.582. The summed E-state index contributed by atoms with van der Waals surface area (Å²) < 4.78 is 1.19. The lowest BCUT2D eigenvalue weighted by Crippen LogP contribution is -1.85. The molecule has 1 N–H and O–H groups in total. The topological polar surface area (TPSA) is 32.9 Å². The summed E-state index contributed by atoms with van der Waals surface area (Å²) in [4.78, 5) is 14.8. The number of rotatable bonds is 2. The first kappa shape index (κ1) is 13.7. The van der Waals surface area contributed by atoms with Crippen LogP contribution in [0.3, 0.4) is 0 Å². The van der Waals surface area contributed by atoms with Gasteiger partial charge in [-0.1, -0.05) is 29.3 Å². The van der Waals surface area contributed by atoms with Gasteiger partial charge in [-0.3, -0.25) is 4.79 Å². The van der Waals surface area contributed by atoms with Crippen molar-refractivity contribution >= 4 is 51.7 Å². The third-order valence-electron chi connectivity index (χ3n) is 3.32. The molecule has 0 unspecified atom stereocenters. The highest BCUT2D eigenvalue weighted by molar-refractivity contribution is 7.20. The van der Waals surface area contributed by atoms with Crippen LogP contribution < -0.4 is 0 Å². The minimum Gasteiger partial charge on any atom is -0.354 e. The van der Waals surface area contributed by atoms with Crippen LogP contribution >= 0.6 is 34.5 Å². The number of aldehydes is 1. The van der Waals surface area contributed by atoms with Gasteiger partial charge in [-0.2, -0.15) is 0 Å². The highest BCUT2D eigenvalue weighted by Gasteiger charge is 2.18. The van der Waals surface area contributed by atoms with Gasteiger partial charge in [-0.05, 0) is 37.1 Å². The van der Waals surface area contributed by atoms with Crippen LogP contribution in [0.4, 0.5) is 0 Å². The van der Waals surface area contributed by atoms with Gasteiger partial charge in [-0.15, -0.1) is 11.3 Å². The van der Waals surface area contributed by atoms with E-state index >= 15 is 0 Å².